The molecule has 0 radical (unpaired) electrons. The van der Waals surface area contributed by atoms with Crippen molar-refractivity contribution in [2.24, 2.45) is 0 Å². The molecule has 0 amide bonds. The van der Waals surface area contributed by atoms with E-state index in [1.54, 1.807) is 19.2 Å². The third-order valence-electron chi connectivity index (χ3n) is 4.79. The highest BCUT2D eigenvalue weighted by Gasteiger charge is 2.43. The van der Waals surface area contributed by atoms with E-state index >= 15 is 0 Å². The average Bonchev–Trinajstić information content (AvgIpc) is 3.42. The van der Waals surface area contributed by atoms with Crippen LogP contribution in [-0.4, -0.2) is 20.3 Å². The number of benzene rings is 2. The smallest absolute Gasteiger partial charge is 0.161 e. The lowest BCUT2D eigenvalue weighted by Crippen LogP contribution is -2.26. The van der Waals surface area contributed by atoms with Gasteiger partial charge in [0.15, 0.2) is 11.5 Å². The Bertz CT molecular complexity index is 696. The lowest BCUT2D eigenvalue weighted by atomic mass is 9.96. The summed E-state index contributed by atoms with van der Waals surface area (Å²) in [4.78, 5) is 0. The highest BCUT2D eigenvalue weighted by Crippen LogP contribution is 2.47. The molecule has 0 unspecified atom stereocenters. The molecule has 4 heteroatoms. The molecule has 0 aromatic heterocycles. The van der Waals surface area contributed by atoms with E-state index in [0.29, 0.717) is 6.61 Å². The van der Waals surface area contributed by atoms with E-state index in [9.17, 15) is 4.39 Å². The summed E-state index contributed by atoms with van der Waals surface area (Å²) in [6.07, 6.45) is 3.27. The van der Waals surface area contributed by atoms with Crippen LogP contribution in [0.2, 0.25) is 0 Å². The van der Waals surface area contributed by atoms with Gasteiger partial charge in [-0.1, -0.05) is 25.1 Å². The summed E-state index contributed by atoms with van der Waals surface area (Å²) in [5, 5.41) is 3.54. The van der Waals surface area contributed by atoms with Crippen molar-refractivity contribution in [1.29, 1.82) is 0 Å². The minimum Gasteiger partial charge on any atom is -0.493 e. The fourth-order valence-electron chi connectivity index (χ4n) is 3.12. The minimum atomic E-state index is -0.176. The second-order valence-corrected chi connectivity index (χ2v) is 6.72. The van der Waals surface area contributed by atoms with Crippen molar-refractivity contribution in [1.82, 2.24) is 5.32 Å². The minimum absolute atomic E-state index is 0.169. The van der Waals surface area contributed by atoms with Crippen molar-refractivity contribution in [2.75, 3.05) is 20.3 Å². The molecule has 1 N–H and O–H groups in total. The van der Waals surface area contributed by atoms with E-state index in [1.807, 2.05) is 24.3 Å². The Kier molecular flexibility index (Phi) is 5.59. The molecule has 25 heavy (non-hydrogen) atoms. The second kappa shape index (κ2) is 7.87. The summed E-state index contributed by atoms with van der Waals surface area (Å²) in [6, 6.07) is 13.0. The molecule has 0 atom stereocenters. The summed E-state index contributed by atoms with van der Waals surface area (Å²) in [5.74, 6) is 1.38. The Morgan fingerprint density at radius 3 is 2.48 bits per heavy atom. The molecule has 1 fully saturated rings. The number of rotatable bonds is 9. The first-order valence-corrected chi connectivity index (χ1v) is 8.93. The highest BCUT2D eigenvalue weighted by molar-refractivity contribution is 5.43. The number of methoxy groups -OCH3 is 1. The Morgan fingerprint density at radius 1 is 1.08 bits per heavy atom. The largest absolute Gasteiger partial charge is 0.493 e. The molecular weight excluding hydrogens is 317 g/mol. The quantitative estimate of drug-likeness (QED) is 0.730. The normalized spacial score (nSPS) is 15.0. The second-order valence-electron chi connectivity index (χ2n) is 6.72. The van der Waals surface area contributed by atoms with Gasteiger partial charge in [-0.05, 0) is 54.7 Å². The molecule has 0 spiro atoms. The van der Waals surface area contributed by atoms with Crippen LogP contribution >= 0.6 is 0 Å². The lowest BCUT2D eigenvalue weighted by Gasteiger charge is -2.17. The molecule has 1 aliphatic carbocycles. The summed E-state index contributed by atoms with van der Waals surface area (Å²) in [5.41, 5.74) is 2.56. The first-order chi connectivity index (χ1) is 12.2. The van der Waals surface area contributed by atoms with Gasteiger partial charge in [0, 0.05) is 18.5 Å². The van der Waals surface area contributed by atoms with E-state index in [-0.39, 0.29) is 11.2 Å². The third kappa shape index (κ3) is 4.31. The van der Waals surface area contributed by atoms with Gasteiger partial charge in [0.25, 0.3) is 0 Å². The third-order valence-corrected chi connectivity index (χ3v) is 4.79. The average molecular weight is 343 g/mol. The van der Waals surface area contributed by atoms with Gasteiger partial charge in [-0.15, -0.1) is 0 Å². The van der Waals surface area contributed by atoms with Crippen LogP contribution in [0.4, 0.5) is 4.39 Å². The van der Waals surface area contributed by atoms with E-state index in [2.05, 4.69) is 18.3 Å². The first kappa shape index (κ1) is 17.7. The van der Waals surface area contributed by atoms with Gasteiger partial charge in [-0.2, -0.15) is 0 Å². The van der Waals surface area contributed by atoms with Crippen molar-refractivity contribution >= 4 is 0 Å². The van der Waals surface area contributed by atoms with Crippen molar-refractivity contribution < 1.29 is 13.9 Å². The van der Waals surface area contributed by atoms with Gasteiger partial charge in [-0.25, -0.2) is 4.39 Å². The molecular formula is C21H26FNO2. The SMILES string of the molecule is CCCOc1ccc(CNCC2(c3ccc(F)cc3)CC2)cc1OC. The van der Waals surface area contributed by atoms with Gasteiger partial charge in [-0.3, -0.25) is 0 Å². The van der Waals surface area contributed by atoms with Crippen LogP contribution in [0.25, 0.3) is 0 Å². The van der Waals surface area contributed by atoms with Gasteiger partial charge in [0.2, 0.25) is 0 Å². The van der Waals surface area contributed by atoms with Crippen LogP contribution in [0.1, 0.15) is 37.3 Å². The number of nitrogens with one attached hydrogen (secondary N) is 1. The van der Waals surface area contributed by atoms with Crippen LogP contribution < -0.4 is 14.8 Å². The molecule has 134 valence electrons. The zero-order chi connectivity index (χ0) is 17.7. The highest BCUT2D eigenvalue weighted by atomic mass is 19.1. The molecule has 0 bridgehead atoms. The topological polar surface area (TPSA) is 30.5 Å². The maximum atomic E-state index is 13.1. The maximum absolute atomic E-state index is 13.1. The molecule has 1 saturated carbocycles. The number of halogens is 1. The van der Waals surface area contributed by atoms with Crippen LogP contribution in [0.3, 0.4) is 0 Å². The monoisotopic (exact) mass is 343 g/mol. The van der Waals surface area contributed by atoms with Crippen molar-refractivity contribution in [3.05, 3.63) is 59.4 Å². The molecule has 3 rings (SSSR count). The summed E-state index contributed by atoms with van der Waals surface area (Å²) < 4.78 is 24.2. The summed E-state index contributed by atoms with van der Waals surface area (Å²) in [7, 11) is 1.67. The van der Waals surface area contributed by atoms with Gasteiger partial charge in [0.1, 0.15) is 5.82 Å². The van der Waals surface area contributed by atoms with E-state index in [4.69, 9.17) is 9.47 Å². The molecule has 2 aromatic carbocycles. The fourth-order valence-corrected chi connectivity index (χ4v) is 3.12. The molecule has 1 aliphatic rings. The zero-order valence-electron chi connectivity index (χ0n) is 15.0. The van der Waals surface area contributed by atoms with Crippen molar-refractivity contribution in [3.63, 3.8) is 0 Å². The number of ether oxygens (including phenoxy) is 2. The Labute approximate surface area is 149 Å². The Hall–Kier alpha value is -2.07. The van der Waals surface area contributed by atoms with Crippen molar-refractivity contribution in [2.45, 2.75) is 38.1 Å². The van der Waals surface area contributed by atoms with Gasteiger partial charge < -0.3 is 14.8 Å². The predicted molar refractivity (Wildman–Crippen MR) is 97.8 cm³/mol. The van der Waals surface area contributed by atoms with E-state index < -0.39 is 0 Å². The first-order valence-electron chi connectivity index (χ1n) is 8.93. The maximum Gasteiger partial charge on any atom is 0.161 e. The Morgan fingerprint density at radius 2 is 1.84 bits per heavy atom. The number of hydrogen-bond acceptors (Lipinski definition) is 3. The van der Waals surface area contributed by atoms with Crippen LogP contribution in [-0.2, 0) is 12.0 Å². The molecule has 2 aromatic rings. The predicted octanol–water partition coefficient (Wildman–Crippen LogP) is 4.44. The Balaban J connectivity index is 1.57. The van der Waals surface area contributed by atoms with Gasteiger partial charge >= 0.3 is 0 Å². The van der Waals surface area contributed by atoms with E-state index in [1.165, 1.54) is 5.56 Å². The molecule has 3 nitrogen and oxygen atoms in total. The zero-order valence-corrected chi connectivity index (χ0v) is 15.0. The van der Waals surface area contributed by atoms with Crippen LogP contribution in [0.15, 0.2) is 42.5 Å². The number of hydrogen-bond donors (Lipinski definition) is 1. The van der Waals surface area contributed by atoms with Crippen molar-refractivity contribution in [3.8, 4) is 11.5 Å². The molecule has 0 aliphatic heterocycles. The lowest BCUT2D eigenvalue weighted by molar-refractivity contribution is 0.294. The standard InChI is InChI=1S/C21H26FNO2/c1-3-12-25-19-9-4-16(13-20(19)24-2)14-23-15-21(10-11-21)17-5-7-18(22)8-6-17/h4-9,13,23H,3,10-12,14-15H2,1-2H3. The van der Waals surface area contributed by atoms with Gasteiger partial charge in [0.05, 0.1) is 13.7 Å². The van der Waals surface area contributed by atoms with Crippen LogP contribution in [0, 0.1) is 5.82 Å². The van der Waals surface area contributed by atoms with Crippen LogP contribution in [0.5, 0.6) is 11.5 Å². The molecule has 0 heterocycles. The molecule has 0 saturated heterocycles. The summed E-state index contributed by atoms with van der Waals surface area (Å²) >= 11 is 0. The fraction of sp³-hybridized carbons (Fsp3) is 0.429. The summed E-state index contributed by atoms with van der Waals surface area (Å²) in [6.45, 7) is 4.44. The van der Waals surface area contributed by atoms with E-state index in [0.717, 1.165) is 49.4 Å².